The number of aromatic nitrogens is 1. The van der Waals surface area contributed by atoms with Gasteiger partial charge in [-0.15, -0.1) is 0 Å². The van der Waals surface area contributed by atoms with Crippen LogP contribution in [0.1, 0.15) is 17.7 Å². The zero-order valence-electron chi connectivity index (χ0n) is 6.47. The molecule has 0 aliphatic rings. The van der Waals surface area contributed by atoms with E-state index in [0.29, 0.717) is 10.2 Å². The maximum Gasteiger partial charge on any atom is 0.280 e. The fraction of sp³-hybridized carbons (Fsp3) is 0.250. The average molecular weight is 247 g/mol. The molecule has 0 amide bonds. The zero-order valence-corrected chi connectivity index (χ0v) is 8.05. The fourth-order valence-corrected chi connectivity index (χ4v) is 1.38. The van der Waals surface area contributed by atoms with Gasteiger partial charge in [0.25, 0.3) is 6.43 Å². The monoisotopic (exact) mass is 246 g/mol. The highest BCUT2D eigenvalue weighted by Gasteiger charge is 2.10. The molecule has 0 saturated heterocycles. The molecule has 0 aliphatic carbocycles. The fourth-order valence-electron chi connectivity index (χ4n) is 0.878. The van der Waals surface area contributed by atoms with Crippen molar-refractivity contribution in [3.8, 4) is 6.07 Å². The van der Waals surface area contributed by atoms with E-state index in [4.69, 9.17) is 5.26 Å². The van der Waals surface area contributed by atoms with Gasteiger partial charge in [-0.3, -0.25) is 0 Å². The number of nitrogens with zero attached hydrogens (tertiary/aromatic N) is 2. The van der Waals surface area contributed by atoms with Crippen LogP contribution in [-0.2, 0) is 6.42 Å². The standard InChI is InChI=1S/C8H5BrF2N2/c9-7-4-5(1-2-12)3-6(13-7)8(10)11/h3-4,8H,1H2. The van der Waals surface area contributed by atoms with Crippen LogP contribution >= 0.6 is 15.9 Å². The first-order valence-electron chi connectivity index (χ1n) is 3.45. The second-order valence-corrected chi connectivity index (χ2v) is 3.17. The Hall–Kier alpha value is -1.02. The molecule has 0 atom stereocenters. The first-order chi connectivity index (χ1) is 6.13. The van der Waals surface area contributed by atoms with Crippen LogP contribution in [-0.4, -0.2) is 4.98 Å². The van der Waals surface area contributed by atoms with Gasteiger partial charge < -0.3 is 0 Å². The Morgan fingerprint density at radius 3 is 2.77 bits per heavy atom. The molecule has 0 fully saturated rings. The van der Waals surface area contributed by atoms with Crippen LogP contribution in [0, 0.1) is 11.3 Å². The zero-order chi connectivity index (χ0) is 9.84. The summed E-state index contributed by atoms with van der Waals surface area (Å²) in [6.07, 6.45) is -2.49. The molecule has 1 aromatic heterocycles. The van der Waals surface area contributed by atoms with E-state index in [-0.39, 0.29) is 12.1 Å². The Labute approximate surface area is 82.3 Å². The van der Waals surface area contributed by atoms with Crippen LogP contribution in [0.4, 0.5) is 8.78 Å². The van der Waals surface area contributed by atoms with Crippen molar-refractivity contribution in [3.05, 3.63) is 28.0 Å². The summed E-state index contributed by atoms with van der Waals surface area (Å²) in [7, 11) is 0. The van der Waals surface area contributed by atoms with Crippen LogP contribution in [0.25, 0.3) is 0 Å². The molecule has 68 valence electrons. The van der Waals surface area contributed by atoms with Crippen LogP contribution in [0.15, 0.2) is 16.7 Å². The Balaban J connectivity index is 3.05. The highest BCUT2D eigenvalue weighted by atomic mass is 79.9. The molecule has 0 unspecified atom stereocenters. The SMILES string of the molecule is N#CCc1cc(Br)nc(C(F)F)c1. The predicted octanol–water partition coefficient (Wildman–Crippen LogP) is 2.85. The summed E-state index contributed by atoms with van der Waals surface area (Å²) < 4.78 is 24.7. The summed E-state index contributed by atoms with van der Waals surface area (Å²) in [5, 5.41) is 8.37. The quantitative estimate of drug-likeness (QED) is 0.753. The van der Waals surface area contributed by atoms with E-state index in [2.05, 4.69) is 20.9 Å². The molecule has 0 N–H and O–H groups in total. The predicted molar refractivity (Wildman–Crippen MR) is 46.2 cm³/mol. The smallest absolute Gasteiger partial charge is 0.240 e. The molecular formula is C8H5BrF2N2. The van der Waals surface area contributed by atoms with Gasteiger partial charge in [0.2, 0.25) is 0 Å². The Kier molecular flexibility index (Phi) is 3.32. The molecule has 0 spiro atoms. The number of pyridine rings is 1. The molecule has 0 aromatic carbocycles. The van der Waals surface area contributed by atoms with Crippen molar-refractivity contribution in [1.29, 1.82) is 5.26 Å². The van der Waals surface area contributed by atoms with Gasteiger partial charge in [-0.05, 0) is 33.6 Å². The molecule has 0 saturated carbocycles. The molecule has 0 bridgehead atoms. The van der Waals surface area contributed by atoms with Crippen molar-refractivity contribution in [2.75, 3.05) is 0 Å². The van der Waals surface area contributed by atoms with Crippen molar-refractivity contribution in [2.45, 2.75) is 12.8 Å². The summed E-state index contributed by atoms with van der Waals surface area (Å²) in [6.45, 7) is 0. The molecule has 13 heavy (non-hydrogen) atoms. The third kappa shape index (κ3) is 2.74. The second-order valence-electron chi connectivity index (χ2n) is 2.36. The maximum absolute atomic E-state index is 12.2. The molecule has 2 nitrogen and oxygen atoms in total. The van der Waals surface area contributed by atoms with Gasteiger partial charge >= 0.3 is 0 Å². The van der Waals surface area contributed by atoms with Crippen LogP contribution in [0.3, 0.4) is 0 Å². The van der Waals surface area contributed by atoms with Gasteiger partial charge in [-0.1, -0.05) is 0 Å². The van der Waals surface area contributed by atoms with Crippen LogP contribution in [0.2, 0.25) is 0 Å². The highest BCUT2D eigenvalue weighted by Crippen LogP contribution is 2.20. The summed E-state index contributed by atoms with van der Waals surface area (Å²) in [5.41, 5.74) is 0.235. The number of alkyl halides is 2. The van der Waals surface area contributed by atoms with Crippen molar-refractivity contribution < 1.29 is 8.78 Å². The van der Waals surface area contributed by atoms with E-state index >= 15 is 0 Å². The normalized spacial score (nSPS) is 10.1. The van der Waals surface area contributed by atoms with Gasteiger partial charge in [0.05, 0.1) is 12.5 Å². The first kappa shape index (κ1) is 10.1. The van der Waals surface area contributed by atoms with Crippen molar-refractivity contribution in [3.63, 3.8) is 0 Å². The van der Waals surface area contributed by atoms with Crippen LogP contribution in [0.5, 0.6) is 0 Å². The van der Waals surface area contributed by atoms with Gasteiger partial charge in [0.15, 0.2) is 0 Å². The summed E-state index contributed by atoms with van der Waals surface area (Å²) in [5.74, 6) is 0. The summed E-state index contributed by atoms with van der Waals surface area (Å²) in [4.78, 5) is 3.57. The number of nitriles is 1. The van der Waals surface area contributed by atoms with E-state index in [1.165, 1.54) is 6.07 Å². The lowest BCUT2D eigenvalue weighted by molar-refractivity contribution is 0.146. The second kappa shape index (κ2) is 4.28. The molecule has 0 aliphatic heterocycles. The third-order valence-electron chi connectivity index (χ3n) is 1.38. The van der Waals surface area contributed by atoms with Gasteiger partial charge in [0, 0.05) is 0 Å². The number of hydrogen-bond donors (Lipinski definition) is 0. The number of hydrogen-bond acceptors (Lipinski definition) is 2. The molecule has 5 heteroatoms. The summed E-state index contributed by atoms with van der Waals surface area (Å²) >= 11 is 3.00. The topological polar surface area (TPSA) is 36.7 Å². The van der Waals surface area contributed by atoms with E-state index < -0.39 is 6.43 Å². The lowest BCUT2D eigenvalue weighted by atomic mass is 10.2. The minimum atomic E-state index is -2.60. The molecular weight excluding hydrogens is 242 g/mol. The Morgan fingerprint density at radius 1 is 1.54 bits per heavy atom. The number of halogens is 3. The average Bonchev–Trinajstić information content (AvgIpc) is 2.03. The first-order valence-corrected chi connectivity index (χ1v) is 4.24. The lowest BCUT2D eigenvalue weighted by Crippen LogP contribution is -1.93. The van der Waals surface area contributed by atoms with Gasteiger partial charge in [-0.25, -0.2) is 13.8 Å². The third-order valence-corrected chi connectivity index (χ3v) is 1.79. The van der Waals surface area contributed by atoms with Gasteiger partial charge in [-0.2, -0.15) is 5.26 Å². The highest BCUT2D eigenvalue weighted by molar-refractivity contribution is 9.10. The summed E-state index contributed by atoms with van der Waals surface area (Å²) in [6, 6.07) is 4.67. The van der Waals surface area contributed by atoms with Gasteiger partial charge in [0.1, 0.15) is 10.3 Å². The largest absolute Gasteiger partial charge is 0.280 e. The Morgan fingerprint density at radius 2 is 2.23 bits per heavy atom. The van der Waals surface area contributed by atoms with E-state index in [0.717, 1.165) is 0 Å². The lowest BCUT2D eigenvalue weighted by Gasteiger charge is -2.01. The minimum absolute atomic E-state index is 0.112. The Bertz CT molecular complexity index is 346. The molecule has 1 rings (SSSR count). The molecule has 1 heterocycles. The van der Waals surface area contributed by atoms with E-state index in [1.54, 1.807) is 6.07 Å². The van der Waals surface area contributed by atoms with Crippen molar-refractivity contribution >= 4 is 15.9 Å². The van der Waals surface area contributed by atoms with E-state index in [1.807, 2.05) is 6.07 Å². The number of rotatable bonds is 2. The van der Waals surface area contributed by atoms with E-state index in [9.17, 15) is 8.78 Å². The van der Waals surface area contributed by atoms with Crippen LogP contribution < -0.4 is 0 Å². The van der Waals surface area contributed by atoms with Crippen molar-refractivity contribution in [1.82, 2.24) is 4.98 Å². The minimum Gasteiger partial charge on any atom is -0.240 e. The molecule has 0 radical (unpaired) electrons. The molecule has 1 aromatic rings. The van der Waals surface area contributed by atoms with Crippen molar-refractivity contribution in [2.24, 2.45) is 0 Å². The maximum atomic E-state index is 12.2.